The number of nitrogens with two attached hydrogens (primary N) is 1. The van der Waals surface area contributed by atoms with E-state index in [0.29, 0.717) is 29.3 Å². The van der Waals surface area contributed by atoms with Crippen molar-refractivity contribution in [1.82, 2.24) is 5.32 Å². The van der Waals surface area contributed by atoms with Crippen molar-refractivity contribution < 1.29 is 9.53 Å². The SMILES string of the molecule is CCNC(=O)c1ccc(N)cc1Oc1cc(Br)ccc1C. The molecule has 0 saturated heterocycles. The lowest BCUT2D eigenvalue weighted by atomic mass is 10.1. The fraction of sp³-hybridized carbons (Fsp3) is 0.188. The summed E-state index contributed by atoms with van der Waals surface area (Å²) in [5.41, 5.74) is 7.79. The second kappa shape index (κ2) is 6.63. The van der Waals surface area contributed by atoms with Crippen LogP contribution in [0.15, 0.2) is 40.9 Å². The van der Waals surface area contributed by atoms with Gasteiger partial charge in [0.15, 0.2) is 0 Å². The van der Waals surface area contributed by atoms with Gasteiger partial charge in [0, 0.05) is 22.8 Å². The minimum absolute atomic E-state index is 0.180. The van der Waals surface area contributed by atoms with E-state index in [4.69, 9.17) is 10.5 Å². The Kier molecular flexibility index (Phi) is 4.85. The van der Waals surface area contributed by atoms with Crippen molar-refractivity contribution in [2.24, 2.45) is 0 Å². The van der Waals surface area contributed by atoms with Gasteiger partial charge in [0.1, 0.15) is 11.5 Å². The maximum absolute atomic E-state index is 12.1. The molecule has 2 aromatic rings. The highest BCUT2D eigenvalue weighted by atomic mass is 79.9. The average Bonchev–Trinajstić information content (AvgIpc) is 2.43. The Bertz CT molecular complexity index is 671. The van der Waals surface area contributed by atoms with Gasteiger partial charge in [-0.2, -0.15) is 0 Å². The standard InChI is InChI=1S/C16H17BrN2O2/c1-3-19-16(20)13-7-6-12(18)9-15(13)21-14-8-11(17)5-4-10(14)2/h4-9H,3,18H2,1-2H3,(H,19,20). The number of aryl methyl sites for hydroxylation is 1. The van der Waals surface area contributed by atoms with Crippen molar-refractivity contribution in [2.75, 3.05) is 12.3 Å². The van der Waals surface area contributed by atoms with E-state index in [9.17, 15) is 4.79 Å². The van der Waals surface area contributed by atoms with Crippen LogP contribution in [0.5, 0.6) is 11.5 Å². The third kappa shape index (κ3) is 3.76. The third-order valence-electron chi connectivity index (χ3n) is 2.96. The van der Waals surface area contributed by atoms with Crippen LogP contribution in [0.25, 0.3) is 0 Å². The van der Waals surface area contributed by atoms with Gasteiger partial charge >= 0.3 is 0 Å². The Morgan fingerprint density at radius 3 is 2.71 bits per heavy atom. The molecule has 1 amide bonds. The van der Waals surface area contributed by atoms with E-state index in [1.54, 1.807) is 18.2 Å². The Labute approximate surface area is 132 Å². The molecule has 0 heterocycles. The molecule has 110 valence electrons. The minimum atomic E-state index is -0.180. The number of rotatable bonds is 4. The fourth-order valence-electron chi connectivity index (χ4n) is 1.87. The smallest absolute Gasteiger partial charge is 0.255 e. The van der Waals surface area contributed by atoms with Crippen LogP contribution in [-0.4, -0.2) is 12.5 Å². The Morgan fingerprint density at radius 2 is 2.00 bits per heavy atom. The van der Waals surface area contributed by atoms with Gasteiger partial charge in [0.05, 0.1) is 5.56 Å². The molecule has 3 N–H and O–H groups in total. The second-order valence-electron chi connectivity index (χ2n) is 4.63. The third-order valence-corrected chi connectivity index (χ3v) is 3.45. The number of nitrogens with one attached hydrogen (secondary N) is 1. The van der Waals surface area contributed by atoms with Crippen LogP contribution in [0, 0.1) is 6.92 Å². The lowest BCUT2D eigenvalue weighted by molar-refractivity contribution is 0.0953. The summed E-state index contributed by atoms with van der Waals surface area (Å²) < 4.78 is 6.81. The molecule has 0 unspecified atom stereocenters. The van der Waals surface area contributed by atoms with Crippen molar-refractivity contribution in [2.45, 2.75) is 13.8 Å². The van der Waals surface area contributed by atoms with E-state index in [-0.39, 0.29) is 5.91 Å². The summed E-state index contributed by atoms with van der Waals surface area (Å²) in [7, 11) is 0. The van der Waals surface area contributed by atoms with Gasteiger partial charge in [-0.05, 0) is 43.7 Å². The summed E-state index contributed by atoms with van der Waals surface area (Å²) >= 11 is 3.41. The number of benzene rings is 2. The number of carbonyl (C=O) groups excluding carboxylic acids is 1. The molecule has 0 radical (unpaired) electrons. The normalized spacial score (nSPS) is 10.2. The predicted molar refractivity (Wildman–Crippen MR) is 87.8 cm³/mol. The molecule has 0 aromatic heterocycles. The van der Waals surface area contributed by atoms with Crippen LogP contribution in [0.4, 0.5) is 5.69 Å². The highest BCUT2D eigenvalue weighted by Crippen LogP contribution is 2.31. The van der Waals surface area contributed by atoms with Crippen molar-refractivity contribution in [3.63, 3.8) is 0 Å². The van der Waals surface area contributed by atoms with Crippen LogP contribution >= 0.6 is 15.9 Å². The van der Waals surface area contributed by atoms with Crippen LogP contribution in [0.2, 0.25) is 0 Å². The number of anilines is 1. The van der Waals surface area contributed by atoms with Gasteiger partial charge < -0.3 is 15.8 Å². The first-order chi connectivity index (χ1) is 10.0. The largest absolute Gasteiger partial charge is 0.456 e. The number of nitrogen functional groups attached to an aromatic ring is 1. The van der Waals surface area contributed by atoms with Crippen molar-refractivity contribution >= 4 is 27.5 Å². The van der Waals surface area contributed by atoms with Gasteiger partial charge in [0.25, 0.3) is 5.91 Å². The van der Waals surface area contributed by atoms with Gasteiger partial charge in [-0.15, -0.1) is 0 Å². The first kappa shape index (κ1) is 15.4. The summed E-state index contributed by atoms with van der Waals surface area (Å²) in [6, 6.07) is 10.8. The highest BCUT2D eigenvalue weighted by molar-refractivity contribution is 9.10. The van der Waals surface area contributed by atoms with Crippen molar-refractivity contribution in [3.05, 3.63) is 52.0 Å². The van der Waals surface area contributed by atoms with Gasteiger partial charge in [-0.1, -0.05) is 22.0 Å². The van der Waals surface area contributed by atoms with Crippen molar-refractivity contribution in [1.29, 1.82) is 0 Å². The minimum Gasteiger partial charge on any atom is -0.456 e. The molecule has 0 spiro atoms. The molecule has 21 heavy (non-hydrogen) atoms. The summed E-state index contributed by atoms with van der Waals surface area (Å²) in [6.45, 7) is 4.37. The van der Waals surface area contributed by atoms with E-state index in [2.05, 4.69) is 21.2 Å². The monoisotopic (exact) mass is 348 g/mol. The average molecular weight is 349 g/mol. The molecule has 0 aliphatic heterocycles. The molecule has 0 aliphatic rings. The van der Waals surface area contributed by atoms with Gasteiger partial charge in [0.2, 0.25) is 0 Å². The molecule has 2 aromatic carbocycles. The van der Waals surface area contributed by atoms with E-state index < -0.39 is 0 Å². The lowest BCUT2D eigenvalue weighted by Gasteiger charge is -2.13. The maximum atomic E-state index is 12.1. The fourth-order valence-corrected chi connectivity index (χ4v) is 2.21. The van der Waals surface area contributed by atoms with E-state index in [1.807, 2.05) is 32.0 Å². The molecule has 4 nitrogen and oxygen atoms in total. The number of hydrogen-bond acceptors (Lipinski definition) is 3. The number of halogens is 1. The molecule has 0 saturated carbocycles. The first-order valence-electron chi connectivity index (χ1n) is 6.63. The first-order valence-corrected chi connectivity index (χ1v) is 7.42. The molecule has 0 fully saturated rings. The molecular weight excluding hydrogens is 332 g/mol. The molecule has 5 heteroatoms. The Hall–Kier alpha value is -2.01. The second-order valence-corrected chi connectivity index (χ2v) is 5.54. The summed E-state index contributed by atoms with van der Waals surface area (Å²) in [5, 5.41) is 2.76. The number of hydrogen-bond donors (Lipinski definition) is 2. The molecule has 0 aliphatic carbocycles. The number of carbonyl (C=O) groups is 1. The lowest BCUT2D eigenvalue weighted by Crippen LogP contribution is -2.23. The van der Waals surface area contributed by atoms with Crippen LogP contribution < -0.4 is 15.8 Å². The Balaban J connectivity index is 2.40. The number of ether oxygens (including phenoxy) is 1. The van der Waals surface area contributed by atoms with Crippen molar-refractivity contribution in [3.8, 4) is 11.5 Å². The molecular formula is C16H17BrN2O2. The summed E-state index contributed by atoms with van der Waals surface area (Å²) in [4.78, 5) is 12.1. The summed E-state index contributed by atoms with van der Waals surface area (Å²) in [6.07, 6.45) is 0. The maximum Gasteiger partial charge on any atom is 0.255 e. The number of amides is 1. The van der Waals surface area contributed by atoms with Gasteiger partial charge in [-0.3, -0.25) is 4.79 Å². The summed E-state index contributed by atoms with van der Waals surface area (Å²) in [5.74, 6) is 0.947. The Morgan fingerprint density at radius 1 is 1.24 bits per heavy atom. The van der Waals surface area contributed by atoms with Gasteiger partial charge in [-0.25, -0.2) is 0 Å². The zero-order valence-corrected chi connectivity index (χ0v) is 13.5. The van der Waals surface area contributed by atoms with Crippen LogP contribution in [0.1, 0.15) is 22.8 Å². The molecule has 0 bridgehead atoms. The molecule has 2 rings (SSSR count). The van der Waals surface area contributed by atoms with E-state index in [0.717, 1.165) is 10.0 Å². The van der Waals surface area contributed by atoms with E-state index in [1.165, 1.54) is 0 Å². The highest BCUT2D eigenvalue weighted by Gasteiger charge is 2.14. The predicted octanol–water partition coefficient (Wildman–Crippen LogP) is 3.88. The zero-order valence-electron chi connectivity index (χ0n) is 11.9. The molecule has 0 atom stereocenters. The zero-order chi connectivity index (χ0) is 15.4. The van der Waals surface area contributed by atoms with Crippen LogP contribution in [0.3, 0.4) is 0 Å². The quantitative estimate of drug-likeness (QED) is 0.824. The van der Waals surface area contributed by atoms with E-state index >= 15 is 0 Å². The van der Waals surface area contributed by atoms with Crippen LogP contribution in [-0.2, 0) is 0 Å². The topological polar surface area (TPSA) is 64.4 Å².